The van der Waals surface area contributed by atoms with Gasteiger partial charge in [-0.2, -0.15) is 0 Å². The average molecular weight is 387 g/mol. The van der Waals surface area contributed by atoms with Crippen LogP contribution in [0.25, 0.3) is 0 Å². The summed E-state index contributed by atoms with van der Waals surface area (Å²) in [6.45, 7) is 3.11. The Bertz CT molecular complexity index is 601. The second-order valence-electron chi connectivity index (χ2n) is 4.98. The highest BCUT2D eigenvalue weighted by molar-refractivity contribution is 9.10. The highest BCUT2D eigenvalue weighted by Crippen LogP contribution is 2.32. The summed E-state index contributed by atoms with van der Waals surface area (Å²) in [5.74, 6) is 0. The zero-order chi connectivity index (χ0) is 15.2. The SMILES string of the molecule is CCCNC(Cc1cccc(Cl)c1)c1cccc(Br)c1Cl. The third kappa shape index (κ3) is 4.72. The van der Waals surface area contributed by atoms with Crippen LogP contribution in [0.3, 0.4) is 0 Å². The molecule has 112 valence electrons. The van der Waals surface area contributed by atoms with Gasteiger partial charge in [-0.3, -0.25) is 0 Å². The van der Waals surface area contributed by atoms with Gasteiger partial charge in [-0.25, -0.2) is 0 Å². The lowest BCUT2D eigenvalue weighted by Crippen LogP contribution is -2.24. The molecular weight excluding hydrogens is 369 g/mol. The quantitative estimate of drug-likeness (QED) is 0.638. The van der Waals surface area contributed by atoms with Gasteiger partial charge in [0.05, 0.1) is 5.02 Å². The molecule has 0 aliphatic carbocycles. The van der Waals surface area contributed by atoms with Gasteiger partial charge in [-0.1, -0.05) is 54.4 Å². The van der Waals surface area contributed by atoms with Gasteiger partial charge in [-0.15, -0.1) is 0 Å². The summed E-state index contributed by atoms with van der Waals surface area (Å²) in [6.07, 6.45) is 1.94. The summed E-state index contributed by atoms with van der Waals surface area (Å²) >= 11 is 16.0. The summed E-state index contributed by atoms with van der Waals surface area (Å²) in [6, 6.07) is 14.2. The lowest BCUT2D eigenvalue weighted by Gasteiger charge is -2.21. The predicted molar refractivity (Wildman–Crippen MR) is 95.3 cm³/mol. The Balaban J connectivity index is 2.27. The first-order valence-corrected chi connectivity index (χ1v) is 8.58. The Labute approximate surface area is 144 Å². The van der Waals surface area contributed by atoms with Crippen LogP contribution in [0, 0.1) is 0 Å². The van der Waals surface area contributed by atoms with E-state index in [0.29, 0.717) is 0 Å². The predicted octanol–water partition coefficient (Wildman–Crippen LogP) is 6.04. The van der Waals surface area contributed by atoms with Crippen molar-refractivity contribution in [3.05, 3.63) is 68.1 Å². The topological polar surface area (TPSA) is 12.0 Å². The van der Waals surface area contributed by atoms with E-state index in [2.05, 4.69) is 40.3 Å². The fourth-order valence-electron chi connectivity index (χ4n) is 2.30. The fraction of sp³-hybridized carbons (Fsp3) is 0.294. The summed E-state index contributed by atoms with van der Waals surface area (Å²) in [7, 11) is 0. The lowest BCUT2D eigenvalue weighted by molar-refractivity contribution is 0.529. The molecule has 0 aromatic heterocycles. The van der Waals surface area contributed by atoms with Crippen molar-refractivity contribution < 1.29 is 0 Å². The Morgan fingerprint density at radius 2 is 1.90 bits per heavy atom. The molecule has 0 aliphatic heterocycles. The third-order valence-electron chi connectivity index (χ3n) is 3.33. The van der Waals surface area contributed by atoms with Crippen molar-refractivity contribution in [2.24, 2.45) is 0 Å². The highest BCUT2D eigenvalue weighted by atomic mass is 79.9. The first kappa shape index (κ1) is 16.8. The maximum absolute atomic E-state index is 6.45. The Morgan fingerprint density at radius 3 is 2.62 bits per heavy atom. The maximum Gasteiger partial charge on any atom is 0.0595 e. The summed E-state index contributed by atoms with van der Waals surface area (Å²) < 4.78 is 0.927. The molecule has 1 unspecified atom stereocenters. The monoisotopic (exact) mass is 385 g/mol. The molecular formula is C17H18BrCl2N. The zero-order valence-electron chi connectivity index (χ0n) is 11.9. The highest BCUT2D eigenvalue weighted by Gasteiger charge is 2.16. The van der Waals surface area contributed by atoms with Gasteiger partial charge in [0, 0.05) is 15.5 Å². The minimum atomic E-state index is 0.174. The normalized spacial score (nSPS) is 12.4. The largest absolute Gasteiger partial charge is 0.310 e. The van der Waals surface area contributed by atoms with Crippen molar-refractivity contribution in [2.75, 3.05) is 6.54 Å². The fourth-order valence-corrected chi connectivity index (χ4v) is 3.15. The number of hydrogen-bond acceptors (Lipinski definition) is 1. The maximum atomic E-state index is 6.45. The van der Waals surface area contributed by atoms with Crippen LogP contribution in [0.15, 0.2) is 46.9 Å². The van der Waals surface area contributed by atoms with Gasteiger partial charge < -0.3 is 5.32 Å². The molecule has 1 atom stereocenters. The van der Waals surface area contributed by atoms with E-state index in [1.807, 2.05) is 30.3 Å². The van der Waals surface area contributed by atoms with Crippen LogP contribution in [0.1, 0.15) is 30.5 Å². The van der Waals surface area contributed by atoms with Crippen molar-refractivity contribution in [1.82, 2.24) is 5.32 Å². The minimum absolute atomic E-state index is 0.174. The third-order valence-corrected chi connectivity index (χ3v) is 4.87. The van der Waals surface area contributed by atoms with E-state index >= 15 is 0 Å². The molecule has 1 N–H and O–H groups in total. The summed E-state index contributed by atoms with van der Waals surface area (Å²) in [5, 5.41) is 5.11. The van der Waals surface area contributed by atoms with Gasteiger partial charge in [0.15, 0.2) is 0 Å². The number of hydrogen-bond donors (Lipinski definition) is 1. The number of rotatable bonds is 6. The molecule has 0 amide bonds. The number of halogens is 3. The average Bonchev–Trinajstić information content (AvgIpc) is 2.47. The molecule has 0 fully saturated rings. The molecule has 2 aromatic rings. The van der Waals surface area contributed by atoms with E-state index in [1.165, 1.54) is 5.56 Å². The molecule has 0 spiro atoms. The van der Waals surface area contributed by atoms with Gasteiger partial charge in [-0.05, 0) is 64.6 Å². The first-order chi connectivity index (χ1) is 10.1. The number of nitrogens with one attached hydrogen (secondary N) is 1. The molecule has 0 aliphatic rings. The second kappa shape index (κ2) is 8.19. The van der Waals surface area contributed by atoms with Crippen LogP contribution in [0.4, 0.5) is 0 Å². The van der Waals surface area contributed by atoms with Gasteiger partial charge in [0.2, 0.25) is 0 Å². The summed E-state index contributed by atoms with van der Waals surface area (Å²) in [4.78, 5) is 0. The zero-order valence-corrected chi connectivity index (χ0v) is 15.0. The molecule has 2 aromatic carbocycles. The number of benzene rings is 2. The van der Waals surface area contributed by atoms with Crippen LogP contribution >= 0.6 is 39.1 Å². The smallest absolute Gasteiger partial charge is 0.0595 e. The van der Waals surface area contributed by atoms with Crippen molar-refractivity contribution in [3.8, 4) is 0 Å². The second-order valence-corrected chi connectivity index (χ2v) is 6.65. The van der Waals surface area contributed by atoms with Crippen molar-refractivity contribution >= 4 is 39.1 Å². The van der Waals surface area contributed by atoms with E-state index < -0.39 is 0 Å². The standard InChI is InChI=1S/C17H18BrCl2N/c1-2-9-21-16(11-12-5-3-6-13(19)10-12)14-7-4-8-15(18)17(14)20/h3-8,10,16,21H,2,9,11H2,1H3. The van der Waals surface area contributed by atoms with Crippen LogP contribution in [0.2, 0.25) is 10.0 Å². The molecule has 0 radical (unpaired) electrons. The van der Waals surface area contributed by atoms with Gasteiger partial charge >= 0.3 is 0 Å². The van der Waals surface area contributed by atoms with Crippen molar-refractivity contribution in [3.63, 3.8) is 0 Å². The molecule has 0 saturated heterocycles. The molecule has 0 saturated carbocycles. The molecule has 0 bridgehead atoms. The van der Waals surface area contributed by atoms with E-state index in [0.717, 1.165) is 39.5 Å². The molecule has 21 heavy (non-hydrogen) atoms. The van der Waals surface area contributed by atoms with E-state index in [1.54, 1.807) is 0 Å². The molecule has 2 rings (SSSR count). The lowest BCUT2D eigenvalue weighted by atomic mass is 9.98. The van der Waals surface area contributed by atoms with E-state index in [-0.39, 0.29) is 6.04 Å². The van der Waals surface area contributed by atoms with Crippen molar-refractivity contribution in [1.29, 1.82) is 0 Å². The Kier molecular flexibility index (Phi) is 6.56. The van der Waals surface area contributed by atoms with E-state index in [4.69, 9.17) is 23.2 Å². The van der Waals surface area contributed by atoms with E-state index in [9.17, 15) is 0 Å². The molecule has 4 heteroatoms. The first-order valence-electron chi connectivity index (χ1n) is 7.03. The summed E-state index contributed by atoms with van der Waals surface area (Å²) in [5.41, 5.74) is 2.31. The minimum Gasteiger partial charge on any atom is -0.310 e. The van der Waals surface area contributed by atoms with Crippen LogP contribution in [-0.2, 0) is 6.42 Å². The van der Waals surface area contributed by atoms with Crippen molar-refractivity contribution in [2.45, 2.75) is 25.8 Å². The van der Waals surface area contributed by atoms with Crippen LogP contribution in [0.5, 0.6) is 0 Å². The van der Waals surface area contributed by atoms with Crippen LogP contribution < -0.4 is 5.32 Å². The Hall–Kier alpha value is -0.540. The molecule has 0 heterocycles. The van der Waals surface area contributed by atoms with Gasteiger partial charge in [0.25, 0.3) is 0 Å². The van der Waals surface area contributed by atoms with Crippen LogP contribution in [-0.4, -0.2) is 6.54 Å². The molecule has 1 nitrogen and oxygen atoms in total. The Morgan fingerprint density at radius 1 is 1.14 bits per heavy atom. The van der Waals surface area contributed by atoms with Gasteiger partial charge in [0.1, 0.15) is 0 Å².